The molecule has 0 amide bonds. The predicted molar refractivity (Wildman–Crippen MR) is 79.2 cm³/mol. The van der Waals surface area contributed by atoms with Crippen LogP contribution >= 0.6 is 11.6 Å². The van der Waals surface area contributed by atoms with Gasteiger partial charge in [-0.2, -0.15) is 5.26 Å². The molecule has 0 bridgehead atoms. The van der Waals surface area contributed by atoms with Gasteiger partial charge in [0.05, 0.1) is 6.07 Å². The molecule has 0 radical (unpaired) electrons. The maximum Gasteiger partial charge on any atom is 0.106 e. The quantitative estimate of drug-likeness (QED) is 0.830. The Morgan fingerprint density at radius 2 is 1.84 bits per heavy atom. The van der Waals surface area contributed by atoms with Crippen molar-refractivity contribution in [1.82, 2.24) is 4.90 Å². The van der Waals surface area contributed by atoms with Crippen molar-refractivity contribution in [1.29, 1.82) is 5.26 Å². The molecule has 2 nitrogen and oxygen atoms in total. The Labute approximate surface area is 121 Å². The zero-order valence-corrected chi connectivity index (χ0v) is 12.3. The van der Waals surface area contributed by atoms with E-state index in [-0.39, 0.29) is 5.54 Å². The molecule has 1 heterocycles. The van der Waals surface area contributed by atoms with Crippen LogP contribution in [0.5, 0.6) is 0 Å². The summed E-state index contributed by atoms with van der Waals surface area (Å²) in [4.78, 5) is 2.35. The molecule has 102 valence electrons. The molecule has 19 heavy (non-hydrogen) atoms. The number of hydrogen-bond acceptors (Lipinski definition) is 2. The van der Waals surface area contributed by atoms with Crippen LogP contribution in [0.2, 0.25) is 5.02 Å². The minimum absolute atomic E-state index is 0.333. The number of nitrogens with zero attached hydrogens (tertiary/aromatic N) is 2. The SMILES string of the molecule is CC(C#N)(CCc1ccc(Cl)cc1)N1CCCCC1. The number of piperidine rings is 1. The molecule has 0 saturated carbocycles. The molecule has 1 fully saturated rings. The fourth-order valence-corrected chi connectivity index (χ4v) is 2.84. The van der Waals surface area contributed by atoms with E-state index in [1.807, 2.05) is 12.1 Å². The Bertz CT molecular complexity index is 443. The van der Waals surface area contributed by atoms with Crippen LogP contribution in [0.1, 0.15) is 38.2 Å². The van der Waals surface area contributed by atoms with Crippen LogP contribution in [0.25, 0.3) is 0 Å². The second-order valence-electron chi connectivity index (χ2n) is 5.56. The van der Waals surface area contributed by atoms with Gasteiger partial charge in [-0.15, -0.1) is 0 Å². The zero-order chi connectivity index (χ0) is 13.7. The van der Waals surface area contributed by atoms with Gasteiger partial charge in [0.25, 0.3) is 0 Å². The summed E-state index contributed by atoms with van der Waals surface area (Å²) in [5, 5.41) is 10.3. The van der Waals surface area contributed by atoms with E-state index >= 15 is 0 Å². The van der Waals surface area contributed by atoms with Gasteiger partial charge in [0.2, 0.25) is 0 Å². The maximum atomic E-state index is 9.55. The molecule has 1 aromatic rings. The van der Waals surface area contributed by atoms with Gasteiger partial charge >= 0.3 is 0 Å². The van der Waals surface area contributed by atoms with Crippen molar-refractivity contribution < 1.29 is 0 Å². The minimum Gasteiger partial charge on any atom is -0.286 e. The first-order valence-electron chi connectivity index (χ1n) is 7.05. The van der Waals surface area contributed by atoms with E-state index < -0.39 is 0 Å². The molecule has 1 atom stereocenters. The molecular weight excluding hydrogens is 256 g/mol. The van der Waals surface area contributed by atoms with Crippen molar-refractivity contribution >= 4 is 11.6 Å². The fourth-order valence-electron chi connectivity index (χ4n) is 2.71. The highest BCUT2D eigenvalue weighted by Crippen LogP contribution is 2.25. The zero-order valence-electron chi connectivity index (χ0n) is 11.5. The third-order valence-electron chi connectivity index (χ3n) is 4.11. The maximum absolute atomic E-state index is 9.55. The van der Waals surface area contributed by atoms with E-state index in [2.05, 4.69) is 30.0 Å². The Kier molecular flexibility index (Phi) is 4.85. The highest BCUT2D eigenvalue weighted by molar-refractivity contribution is 6.30. The van der Waals surface area contributed by atoms with Crippen molar-refractivity contribution in [2.24, 2.45) is 0 Å². The number of likely N-dealkylation sites (tertiary alicyclic amines) is 1. The lowest BCUT2D eigenvalue weighted by atomic mass is 9.91. The summed E-state index contributed by atoms with van der Waals surface area (Å²) in [7, 11) is 0. The van der Waals surface area contributed by atoms with Crippen LogP contribution in [-0.4, -0.2) is 23.5 Å². The summed E-state index contributed by atoms with van der Waals surface area (Å²) in [6.07, 6.45) is 5.55. The second-order valence-corrected chi connectivity index (χ2v) is 6.00. The van der Waals surface area contributed by atoms with Crippen LogP contribution in [0.4, 0.5) is 0 Å². The third kappa shape index (κ3) is 3.72. The molecule has 0 spiro atoms. The van der Waals surface area contributed by atoms with Crippen molar-refractivity contribution in [2.45, 2.75) is 44.6 Å². The van der Waals surface area contributed by atoms with E-state index in [1.54, 1.807) is 0 Å². The Hall–Kier alpha value is -1.04. The fraction of sp³-hybridized carbons (Fsp3) is 0.562. The summed E-state index contributed by atoms with van der Waals surface area (Å²) < 4.78 is 0. The monoisotopic (exact) mass is 276 g/mol. The van der Waals surface area contributed by atoms with Gasteiger partial charge in [0.1, 0.15) is 5.54 Å². The lowest BCUT2D eigenvalue weighted by Crippen LogP contribution is -2.48. The first kappa shape index (κ1) is 14.4. The molecule has 1 unspecified atom stereocenters. The minimum atomic E-state index is -0.333. The van der Waals surface area contributed by atoms with E-state index in [4.69, 9.17) is 11.6 Å². The molecule has 3 heteroatoms. The third-order valence-corrected chi connectivity index (χ3v) is 4.36. The highest BCUT2D eigenvalue weighted by atomic mass is 35.5. The average molecular weight is 277 g/mol. The van der Waals surface area contributed by atoms with Crippen molar-refractivity contribution in [3.05, 3.63) is 34.9 Å². The standard InChI is InChI=1S/C16H21ClN2/c1-16(13-18,19-11-3-2-4-12-19)10-9-14-5-7-15(17)8-6-14/h5-8H,2-4,9-12H2,1H3. The van der Waals surface area contributed by atoms with Gasteiger partial charge in [-0.3, -0.25) is 4.90 Å². The van der Waals surface area contributed by atoms with Gasteiger partial charge in [0, 0.05) is 5.02 Å². The summed E-state index contributed by atoms with van der Waals surface area (Å²) in [5.74, 6) is 0. The number of hydrogen-bond donors (Lipinski definition) is 0. The summed E-state index contributed by atoms with van der Waals surface area (Å²) >= 11 is 5.89. The first-order valence-corrected chi connectivity index (χ1v) is 7.43. The van der Waals surface area contributed by atoms with Crippen LogP contribution < -0.4 is 0 Å². The predicted octanol–water partition coefficient (Wildman–Crippen LogP) is 4.04. The van der Waals surface area contributed by atoms with E-state index in [0.717, 1.165) is 31.0 Å². The van der Waals surface area contributed by atoms with Crippen LogP contribution in [0.15, 0.2) is 24.3 Å². The summed E-state index contributed by atoms with van der Waals surface area (Å²) in [5.41, 5.74) is 0.919. The van der Waals surface area contributed by atoms with Gasteiger partial charge in [-0.05, 0) is 63.4 Å². The Balaban J connectivity index is 1.98. The van der Waals surface area contributed by atoms with Crippen molar-refractivity contribution in [3.8, 4) is 6.07 Å². The van der Waals surface area contributed by atoms with Crippen LogP contribution in [0.3, 0.4) is 0 Å². The molecule has 0 N–H and O–H groups in total. The average Bonchev–Trinajstić information content (AvgIpc) is 2.47. The summed E-state index contributed by atoms with van der Waals surface area (Å²) in [6.45, 7) is 4.20. The van der Waals surface area contributed by atoms with Gasteiger partial charge in [-0.25, -0.2) is 0 Å². The van der Waals surface area contributed by atoms with Crippen LogP contribution in [0, 0.1) is 11.3 Å². The Morgan fingerprint density at radius 1 is 1.21 bits per heavy atom. The van der Waals surface area contributed by atoms with Crippen molar-refractivity contribution in [3.63, 3.8) is 0 Å². The number of nitriles is 1. The van der Waals surface area contributed by atoms with Gasteiger partial charge < -0.3 is 0 Å². The molecular formula is C16H21ClN2. The van der Waals surface area contributed by atoms with Crippen LogP contribution in [-0.2, 0) is 6.42 Å². The number of benzene rings is 1. The van der Waals surface area contributed by atoms with E-state index in [1.165, 1.54) is 24.8 Å². The molecule has 2 rings (SSSR count). The smallest absolute Gasteiger partial charge is 0.106 e. The van der Waals surface area contributed by atoms with E-state index in [9.17, 15) is 5.26 Å². The lowest BCUT2D eigenvalue weighted by Gasteiger charge is -2.38. The van der Waals surface area contributed by atoms with Gasteiger partial charge in [-0.1, -0.05) is 30.2 Å². The molecule has 0 aromatic heterocycles. The summed E-state index contributed by atoms with van der Waals surface area (Å²) in [6, 6.07) is 10.5. The van der Waals surface area contributed by atoms with Gasteiger partial charge in [0.15, 0.2) is 0 Å². The molecule has 1 saturated heterocycles. The topological polar surface area (TPSA) is 27.0 Å². The molecule has 0 aliphatic carbocycles. The normalized spacial score (nSPS) is 19.6. The molecule has 1 aliphatic rings. The highest BCUT2D eigenvalue weighted by Gasteiger charge is 2.32. The lowest BCUT2D eigenvalue weighted by molar-refractivity contribution is 0.117. The van der Waals surface area contributed by atoms with E-state index in [0.29, 0.717) is 0 Å². The Morgan fingerprint density at radius 3 is 2.42 bits per heavy atom. The molecule has 1 aliphatic heterocycles. The second kappa shape index (κ2) is 6.41. The number of rotatable bonds is 4. The van der Waals surface area contributed by atoms with Crippen molar-refractivity contribution in [2.75, 3.05) is 13.1 Å². The first-order chi connectivity index (χ1) is 9.14. The number of aryl methyl sites for hydroxylation is 1. The number of halogens is 1. The largest absolute Gasteiger partial charge is 0.286 e. The molecule has 1 aromatic carbocycles.